The summed E-state index contributed by atoms with van der Waals surface area (Å²) in [5.74, 6) is 2.05. The minimum absolute atomic E-state index is 0.0165. The van der Waals surface area contributed by atoms with Crippen LogP contribution in [0.15, 0.2) is 48.8 Å². The summed E-state index contributed by atoms with van der Waals surface area (Å²) < 4.78 is 7.48. The summed E-state index contributed by atoms with van der Waals surface area (Å²) in [5.41, 5.74) is 4.05. The molecule has 4 heterocycles. The first-order valence-electron chi connectivity index (χ1n) is 9.89. The van der Waals surface area contributed by atoms with E-state index in [1.54, 1.807) is 11.3 Å². The van der Waals surface area contributed by atoms with Gasteiger partial charge in [0, 0.05) is 47.5 Å². The Morgan fingerprint density at radius 3 is 2.59 bits per heavy atom. The minimum atomic E-state index is -0.0165. The minimum Gasteiger partial charge on any atom is -0.378 e. The van der Waals surface area contributed by atoms with E-state index >= 15 is 0 Å². The van der Waals surface area contributed by atoms with E-state index in [0.29, 0.717) is 0 Å². The quantitative estimate of drug-likeness (QED) is 0.672. The molecule has 0 saturated carbocycles. The number of benzene rings is 1. The zero-order valence-corrected chi connectivity index (χ0v) is 17.7. The molecule has 2 aliphatic rings. The molecule has 3 aromatic rings. The van der Waals surface area contributed by atoms with Gasteiger partial charge in [-0.1, -0.05) is 0 Å². The van der Waals surface area contributed by atoms with Crippen molar-refractivity contribution in [3.8, 4) is 5.00 Å². The lowest BCUT2D eigenvalue weighted by molar-refractivity contribution is 0.102. The van der Waals surface area contributed by atoms with Gasteiger partial charge in [0.25, 0.3) is 5.91 Å². The maximum absolute atomic E-state index is 13.3. The van der Waals surface area contributed by atoms with E-state index in [1.165, 1.54) is 16.1 Å². The third-order valence-corrected chi connectivity index (χ3v) is 7.78. The van der Waals surface area contributed by atoms with Crippen LogP contribution in [-0.4, -0.2) is 42.5 Å². The third-order valence-electron chi connectivity index (χ3n) is 5.37. The molecule has 0 bridgehead atoms. The van der Waals surface area contributed by atoms with Crippen molar-refractivity contribution >= 4 is 40.4 Å². The number of ether oxygens (including phenoxy) is 1. The molecule has 7 heteroatoms. The van der Waals surface area contributed by atoms with Gasteiger partial charge in [-0.2, -0.15) is 11.8 Å². The number of hydrogen-bond donors (Lipinski definition) is 1. The van der Waals surface area contributed by atoms with E-state index in [-0.39, 0.29) is 5.91 Å². The molecular weight excluding hydrogens is 402 g/mol. The van der Waals surface area contributed by atoms with E-state index in [4.69, 9.17) is 4.74 Å². The summed E-state index contributed by atoms with van der Waals surface area (Å²) in [6.07, 6.45) is 4.98. The van der Waals surface area contributed by atoms with Crippen LogP contribution in [0.25, 0.3) is 5.00 Å². The Morgan fingerprint density at radius 2 is 1.83 bits per heavy atom. The molecule has 1 saturated heterocycles. The highest BCUT2D eigenvalue weighted by Gasteiger charge is 2.26. The van der Waals surface area contributed by atoms with Gasteiger partial charge in [0.05, 0.1) is 18.8 Å². The molecule has 0 radical (unpaired) electrons. The van der Waals surface area contributed by atoms with Crippen molar-refractivity contribution in [2.45, 2.75) is 12.2 Å². The topological polar surface area (TPSA) is 46.5 Å². The van der Waals surface area contributed by atoms with Crippen LogP contribution < -0.4 is 10.2 Å². The first-order chi connectivity index (χ1) is 14.3. The number of carbonyl (C=O) groups is 1. The molecule has 29 heavy (non-hydrogen) atoms. The van der Waals surface area contributed by atoms with Gasteiger partial charge in [0.1, 0.15) is 5.00 Å². The van der Waals surface area contributed by atoms with Crippen molar-refractivity contribution in [3.63, 3.8) is 0 Å². The van der Waals surface area contributed by atoms with Gasteiger partial charge in [0.15, 0.2) is 0 Å². The van der Waals surface area contributed by atoms with Gasteiger partial charge in [-0.15, -0.1) is 11.3 Å². The van der Waals surface area contributed by atoms with E-state index in [9.17, 15) is 4.79 Å². The second kappa shape index (κ2) is 8.26. The number of fused-ring (bicyclic) bond motifs is 1. The average Bonchev–Trinajstić information content (AvgIpc) is 3.42. The summed E-state index contributed by atoms with van der Waals surface area (Å²) in [4.78, 5) is 16.9. The predicted molar refractivity (Wildman–Crippen MR) is 121 cm³/mol. The predicted octanol–water partition coefficient (Wildman–Crippen LogP) is 4.42. The summed E-state index contributed by atoms with van der Waals surface area (Å²) in [7, 11) is 0. The van der Waals surface area contributed by atoms with Gasteiger partial charge in [-0.3, -0.25) is 4.79 Å². The van der Waals surface area contributed by atoms with Gasteiger partial charge in [-0.05, 0) is 54.1 Å². The van der Waals surface area contributed by atoms with E-state index in [0.717, 1.165) is 60.5 Å². The number of aromatic nitrogens is 1. The van der Waals surface area contributed by atoms with E-state index in [1.807, 2.05) is 48.4 Å². The Hall–Kier alpha value is -2.22. The van der Waals surface area contributed by atoms with Crippen molar-refractivity contribution in [1.82, 2.24) is 4.57 Å². The van der Waals surface area contributed by atoms with Crippen LogP contribution in [0.1, 0.15) is 20.8 Å². The number of rotatable bonds is 4. The first-order valence-corrected chi connectivity index (χ1v) is 11.9. The molecule has 5 rings (SSSR count). The van der Waals surface area contributed by atoms with Crippen LogP contribution in [0, 0.1) is 0 Å². The lowest BCUT2D eigenvalue weighted by atomic mass is 10.1. The molecule has 1 fully saturated rings. The zero-order chi connectivity index (χ0) is 19.6. The molecule has 5 nitrogen and oxygen atoms in total. The van der Waals surface area contributed by atoms with Gasteiger partial charge < -0.3 is 19.5 Å². The van der Waals surface area contributed by atoms with Gasteiger partial charge in [-0.25, -0.2) is 0 Å². The van der Waals surface area contributed by atoms with Crippen LogP contribution in [0.3, 0.4) is 0 Å². The highest BCUT2D eigenvalue weighted by molar-refractivity contribution is 7.98. The summed E-state index contributed by atoms with van der Waals surface area (Å²) >= 11 is 3.69. The molecule has 2 aromatic heterocycles. The molecule has 1 amide bonds. The fourth-order valence-corrected chi connectivity index (χ4v) is 6.32. The number of hydrogen-bond acceptors (Lipinski definition) is 5. The van der Waals surface area contributed by atoms with Gasteiger partial charge in [0.2, 0.25) is 0 Å². The van der Waals surface area contributed by atoms with Crippen molar-refractivity contribution < 1.29 is 9.53 Å². The summed E-state index contributed by atoms with van der Waals surface area (Å²) in [5, 5.41) is 4.15. The van der Waals surface area contributed by atoms with E-state index < -0.39 is 0 Å². The Morgan fingerprint density at radius 1 is 1.07 bits per heavy atom. The lowest BCUT2D eigenvalue weighted by Gasteiger charge is -2.28. The molecule has 0 atom stereocenters. The number of morpholine rings is 1. The van der Waals surface area contributed by atoms with Crippen LogP contribution in [0.5, 0.6) is 0 Å². The monoisotopic (exact) mass is 425 g/mol. The number of thiophene rings is 1. The summed E-state index contributed by atoms with van der Waals surface area (Å²) in [6, 6.07) is 12.1. The maximum atomic E-state index is 13.3. The fraction of sp³-hybridized carbons (Fsp3) is 0.318. The average molecular weight is 426 g/mol. The second-order valence-corrected chi connectivity index (χ2v) is 9.37. The standard InChI is InChI=1S/C22H23N3O2S2/c26-21(23-16-3-5-17(6-4-16)24-10-12-27-13-11-24)20-18-7-14-28-15-19(18)29-22(20)25-8-1-2-9-25/h1-6,8-9H,7,10-15H2,(H,23,26). The second-order valence-electron chi connectivity index (χ2n) is 7.18. The number of amides is 1. The largest absolute Gasteiger partial charge is 0.378 e. The maximum Gasteiger partial charge on any atom is 0.258 e. The molecule has 1 N–H and O–H groups in total. The number of carbonyl (C=O) groups excluding carboxylic acids is 1. The fourth-order valence-electron chi connectivity index (χ4n) is 3.87. The Bertz CT molecular complexity index is 990. The Kier molecular flexibility index (Phi) is 5.35. The third kappa shape index (κ3) is 3.82. The van der Waals surface area contributed by atoms with Crippen molar-refractivity contribution in [2.24, 2.45) is 0 Å². The van der Waals surface area contributed by atoms with Crippen molar-refractivity contribution in [1.29, 1.82) is 0 Å². The molecular formula is C22H23N3O2S2. The summed E-state index contributed by atoms with van der Waals surface area (Å²) in [6.45, 7) is 3.35. The molecule has 0 spiro atoms. The van der Waals surface area contributed by atoms with Crippen molar-refractivity contribution in [3.05, 3.63) is 64.8 Å². The molecule has 0 aliphatic carbocycles. The Labute approximate surface area is 178 Å². The lowest BCUT2D eigenvalue weighted by Crippen LogP contribution is -2.36. The molecule has 2 aliphatic heterocycles. The van der Waals surface area contributed by atoms with Crippen LogP contribution in [-0.2, 0) is 16.9 Å². The number of nitrogens with one attached hydrogen (secondary N) is 1. The van der Waals surface area contributed by atoms with Gasteiger partial charge >= 0.3 is 0 Å². The smallest absolute Gasteiger partial charge is 0.258 e. The zero-order valence-electron chi connectivity index (χ0n) is 16.1. The molecule has 150 valence electrons. The number of thioether (sulfide) groups is 1. The number of anilines is 2. The highest BCUT2D eigenvalue weighted by atomic mass is 32.2. The highest BCUT2D eigenvalue weighted by Crippen LogP contribution is 2.38. The molecule has 0 unspecified atom stereocenters. The van der Waals surface area contributed by atoms with Crippen LogP contribution in [0.4, 0.5) is 11.4 Å². The van der Waals surface area contributed by atoms with Crippen LogP contribution >= 0.6 is 23.1 Å². The molecule has 1 aromatic carbocycles. The van der Waals surface area contributed by atoms with Crippen molar-refractivity contribution in [2.75, 3.05) is 42.3 Å². The normalized spacial score (nSPS) is 16.5. The Balaban J connectivity index is 1.40. The number of nitrogens with zero attached hydrogens (tertiary/aromatic N) is 2. The van der Waals surface area contributed by atoms with E-state index in [2.05, 4.69) is 26.9 Å². The first kappa shape index (κ1) is 18.8. The SMILES string of the molecule is O=C(Nc1ccc(N2CCOCC2)cc1)c1c(-n2cccc2)sc2c1CCSC2. The van der Waals surface area contributed by atoms with Crippen LogP contribution in [0.2, 0.25) is 0 Å².